The number of hydrogen-bond acceptors (Lipinski definition) is 8. The van der Waals surface area contributed by atoms with Gasteiger partial charge in [-0.25, -0.2) is 14.4 Å². The first-order valence-corrected chi connectivity index (χ1v) is 11.8. The van der Waals surface area contributed by atoms with E-state index in [9.17, 15) is 19.5 Å². The second kappa shape index (κ2) is 14.0. The molecule has 0 bridgehead atoms. The summed E-state index contributed by atoms with van der Waals surface area (Å²) in [7, 11) is 1.45. The number of carbonyl (C=O) groups excluding carboxylic acids is 3. The van der Waals surface area contributed by atoms with Gasteiger partial charge >= 0.3 is 17.9 Å². The molecule has 3 rings (SSSR count). The number of aromatic hydroxyl groups is 1. The summed E-state index contributed by atoms with van der Waals surface area (Å²) >= 11 is 0. The van der Waals surface area contributed by atoms with Gasteiger partial charge < -0.3 is 24.1 Å². The number of unbranched alkanes of at least 4 members (excludes halogenated alkanes) is 1. The van der Waals surface area contributed by atoms with Crippen molar-refractivity contribution >= 4 is 24.0 Å². The van der Waals surface area contributed by atoms with Gasteiger partial charge in [0.1, 0.15) is 5.75 Å². The highest BCUT2D eigenvalue weighted by Gasteiger charge is 2.09. The smallest absolute Gasteiger partial charge is 0.338 e. The van der Waals surface area contributed by atoms with Crippen LogP contribution in [0.15, 0.2) is 85.5 Å². The van der Waals surface area contributed by atoms with Crippen LogP contribution in [-0.4, -0.2) is 43.3 Å². The van der Waals surface area contributed by atoms with E-state index in [0.29, 0.717) is 35.5 Å². The largest absolute Gasteiger partial charge is 0.504 e. The number of benzene rings is 3. The van der Waals surface area contributed by atoms with E-state index in [1.807, 2.05) is 12.1 Å². The van der Waals surface area contributed by atoms with Crippen molar-refractivity contribution in [2.45, 2.75) is 12.8 Å². The Hall–Kier alpha value is -4.85. The second-order valence-corrected chi connectivity index (χ2v) is 8.00. The maximum Gasteiger partial charge on any atom is 0.338 e. The van der Waals surface area contributed by atoms with E-state index in [-0.39, 0.29) is 19.0 Å². The summed E-state index contributed by atoms with van der Waals surface area (Å²) in [5, 5.41) is 9.65. The molecule has 0 aliphatic heterocycles. The fourth-order valence-corrected chi connectivity index (χ4v) is 3.31. The summed E-state index contributed by atoms with van der Waals surface area (Å²) < 4.78 is 20.5. The van der Waals surface area contributed by atoms with Crippen LogP contribution in [0.25, 0.3) is 17.2 Å². The zero-order chi connectivity index (χ0) is 27.3. The Kier molecular flexibility index (Phi) is 10.2. The Morgan fingerprint density at radius 3 is 2.11 bits per heavy atom. The molecule has 38 heavy (non-hydrogen) atoms. The van der Waals surface area contributed by atoms with Gasteiger partial charge in [0.05, 0.1) is 25.9 Å². The Labute approximate surface area is 220 Å². The SMILES string of the molecule is C=CC(=O)OCCCCOC(=O)c1ccc(-c2ccc(OC(=O)/C=C/c3ccc(O)c(OC)c3)cc2)cc1. The number of carbonyl (C=O) groups is 3. The molecule has 8 heteroatoms. The molecule has 3 aromatic carbocycles. The normalized spacial score (nSPS) is 10.6. The Morgan fingerprint density at radius 2 is 1.47 bits per heavy atom. The lowest BCUT2D eigenvalue weighted by Gasteiger charge is -2.07. The van der Waals surface area contributed by atoms with E-state index < -0.39 is 17.9 Å². The van der Waals surface area contributed by atoms with Crippen molar-refractivity contribution in [3.8, 4) is 28.4 Å². The van der Waals surface area contributed by atoms with Gasteiger partial charge in [-0.1, -0.05) is 36.9 Å². The summed E-state index contributed by atoms with van der Waals surface area (Å²) in [6.07, 6.45) is 5.11. The quantitative estimate of drug-likeness (QED) is 0.148. The molecular weight excluding hydrogens is 488 g/mol. The van der Waals surface area contributed by atoms with Gasteiger partial charge in [0.15, 0.2) is 11.5 Å². The van der Waals surface area contributed by atoms with E-state index in [0.717, 1.165) is 17.2 Å². The average molecular weight is 517 g/mol. The highest BCUT2D eigenvalue weighted by Crippen LogP contribution is 2.27. The topological polar surface area (TPSA) is 108 Å². The summed E-state index contributed by atoms with van der Waals surface area (Å²) in [4.78, 5) is 35.4. The van der Waals surface area contributed by atoms with E-state index in [2.05, 4.69) is 6.58 Å². The minimum Gasteiger partial charge on any atom is -0.504 e. The fraction of sp³-hybridized carbons (Fsp3) is 0.167. The maximum atomic E-state index is 12.2. The number of ether oxygens (including phenoxy) is 4. The summed E-state index contributed by atoms with van der Waals surface area (Å²) in [6.45, 7) is 3.80. The lowest BCUT2D eigenvalue weighted by atomic mass is 10.0. The molecule has 196 valence electrons. The predicted molar refractivity (Wildman–Crippen MR) is 142 cm³/mol. The molecule has 0 amide bonds. The third-order valence-corrected chi connectivity index (χ3v) is 5.33. The standard InChI is InChI=1S/C30H28O8/c1-3-28(32)36-18-4-5-19-37-30(34)24-10-8-22(9-11-24)23-12-14-25(15-13-23)38-29(33)17-7-21-6-16-26(31)27(20-21)35-2/h3,6-17,20,31H,1,4-5,18-19H2,2H3/b17-7+. The number of esters is 3. The van der Waals surface area contributed by atoms with Crippen LogP contribution in [0, 0.1) is 0 Å². The number of methoxy groups -OCH3 is 1. The van der Waals surface area contributed by atoms with Crippen molar-refractivity contribution in [3.63, 3.8) is 0 Å². The third kappa shape index (κ3) is 8.37. The van der Waals surface area contributed by atoms with Gasteiger partial charge in [-0.2, -0.15) is 0 Å². The van der Waals surface area contributed by atoms with Crippen molar-refractivity contribution in [3.05, 3.63) is 96.6 Å². The van der Waals surface area contributed by atoms with Crippen molar-refractivity contribution in [1.29, 1.82) is 0 Å². The van der Waals surface area contributed by atoms with Crippen LogP contribution < -0.4 is 9.47 Å². The number of phenols is 1. The fourth-order valence-electron chi connectivity index (χ4n) is 3.31. The number of rotatable bonds is 12. The highest BCUT2D eigenvalue weighted by molar-refractivity contribution is 5.90. The molecule has 0 spiro atoms. The molecule has 0 aliphatic carbocycles. The van der Waals surface area contributed by atoms with Crippen LogP contribution in [0.3, 0.4) is 0 Å². The van der Waals surface area contributed by atoms with E-state index >= 15 is 0 Å². The molecular formula is C30H28O8. The predicted octanol–water partition coefficient (Wildman–Crippen LogP) is 5.35. The van der Waals surface area contributed by atoms with E-state index in [4.69, 9.17) is 18.9 Å². The van der Waals surface area contributed by atoms with Crippen LogP contribution in [-0.2, 0) is 19.1 Å². The van der Waals surface area contributed by atoms with Crippen molar-refractivity contribution in [2.75, 3.05) is 20.3 Å². The van der Waals surface area contributed by atoms with E-state index in [1.165, 1.54) is 19.3 Å². The van der Waals surface area contributed by atoms with Crippen molar-refractivity contribution < 1.29 is 38.4 Å². The zero-order valence-corrected chi connectivity index (χ0v) is 20.9. The lowest BCUT2D eigenvalue weighted by molar-refractivity contribution is -0.138. The van der Waals surface area contributed by atoms with Crippen LogP contribution in [0.1, 0.15) is 28.8 Å². The Bertz CT molecular complexity index is 1290. The molecule has 8 nitrogen and oxygen atoms in total. The molecule has 0 saturated heterocycles. The molecule has 3 aromatic rings. The Balaban J connectivity index is 1.48. The van der Waals surface area contributed by atoms with Gasteiger partial charge in [0.2, 0.25) is 0 Å². The van der Waals surface area contributed by atoms with Gasteiger partial charge in [0.25, 0.3) is 0 Å². The summed E-state index contributed by atoms with van der Waals surface area (Å²) in [5.74, 6) is -0.753. The van der Waals surface area contributed by atoms with Crippen LogP contribution in [0.4, 0.5) is 0 Å². The average Bonchev–Trinajstić information content (AvgIpc) is 2.94. The van der Waals surface area contributed by atoms with Crippen molar-refractivity contribution in [2.24, 2.45) is 0 Å². The molecule has 0 aliphatic rings. The van der Waals surface area contributed by atoms with Crippen LogP contribution in [0.5, 0.6) is 17.2 Å². The second-order valence-electron chi connectivity index (χ2n) is 8.00. The molecule has 0 heterocycles. The Morgan fingerprint density at radius 1 is 0.842 bits per heavy atom. The first-order chi connectivity index (χ1) is 18.4. The minimum atomic E-state index is -0.551. The minimum absolute atomic E-state index is 0.0133. The monoisotopic (exact) mass is 516 g/mol. The maximum absolute atomic E-state index is 12.2. The molecule has 0 fully saturated rings. The van der Waals surface area contributed by atoms with Gasteiger partial charge in [0, 0.05) is 12.2 Å². The molecule has 0 saturated carbocycles. The molecule has 0 unspecified atom stereocenters. The van der Waals surface area contributed by atoms with Gasteiger partial charge in [-0.15, -0.1) is 0 Å². The van der Waals surface area contributed by atoms with Crippen LogP contribution >= 0.6 is 0 Å². The van der Waals surface area contributed by atoms with Gasteiger partial charge in [-0.3, -0.25) is 0 Å². The highest BCUT2D eigenvalue weighted by atomic mass is 16.5. The molecule has 0 atom stereocenters. The third-order valence-electron chi connectivity index (χ3n) is 5.33. The summed E-state index contributed by atoms with van der Waals surface area (Å²) in [6, 6.07) is 18.7. The molecule has 0 radical (unpaired) electrons. The van der Waals surface area contributed by atoms with Crippen LogP contribution in [0.2, 0.25) is 0 Å². The number of hydrogen-bond donors (Lipinski definition) is 1. The van der Waals surface area contributed by atoms with E-state index in [1.54, 1.807) is 54.6 Å². The first kappa shape index (κ1) is 27.7. The van der Waals surface area contributed by atoms with Crippen molar-refractivity contribution in [1.82, 2.24) is 0 Å². The number of phenolic OH excluding ortho intramolecular Hbond substituents is 1. The zero-order valence-electron chi connectivity index (χ0n) is 20.9. The summed E-state index contributed by atoms with van der Waals surface area (Å²) in [5.41, 5.74) is 2.86. The lowest BCUT2D eigenvalue weighted by Crippen LogP contribution is -2.08. The molecule has 0 aromatic heterocycles. The van der Waals surface area contributed by atoms with Gasteiger partial charge in [-0.05, 0) is 72.0 Å². The molecule has 1 N–H and O–H groups in total. The first-order valence-electron chi connectivity index (χ1n) is 11.8.